The fourth-order valence-electron chi connectivity index (χ4n) is 2.96. The second-order valence-corrected chi connectivity index (χ2v) is 8.98. The summed E-state index contributed by atoms with van der Waals surface area (Å²) in [4.78, 5) is 25.6. The number of benzene rings is 2. The monoisotopic (exact) mass is 439 g/mol. The summed E-state index contributed by atoms with van der Waals surface area (Å²) in [5.41, 5.74) is 3.87. The molecule has 0 saturated carbocycles. The lowest BCUT2D eigenvalue weighted by Crippen LogP contribution is -2.44. The van der Waals surface area contributed by atoms with Gasteiger partial charge in [0.1, 0.15) is 12.4 Å². The normalized spacial score (nSPS) is 11.3. The second kappa shape index (κ2) is 9.82. The van der Waals surface area contributed by atoms with Gasteiger partial charge in [0.05, 0.1) is 11.5 Å². The van der Waals surface area contributed by atoms with E-state index in [1.807, 2.05) is 44.4 Å². The van der Waals surface area contributed by atoms with Crippen molar-refractivity contribution < 1.29 is 14.5 Å². The van der Waals surface area contributed by atoms with Crippen LogP contribution >= 0.6 is 11.3 Å². The molecule has 0 saturated heterocycles. The lowest BCUT2D eigenvalue weighted by molar-refractivity contribution is -0.384. The second-order valence-electron chi connectivity index (χ2n) is 7.95. The minimum Gasteiger partial charge on any atom is -0.359 e. The summed E-state index contributed by atoms with van der Waals surface area (Å²) in [6.07, 6.45) is 0. The molecule has 3 aromatic rings. The van der Waals surface area contributed by atoms with E-state index in [9.17, 15) is 14.9 Å². The van der Waals surface area contributed by atoms with Crippen LogP contribution in [0.25, 0.3) is 0 Å². The highest BCUT2D eigenvalue weighted by Gasteiger charge is 2.28. The maximum Gasteiger partial charge on any atom is 0.294 e. The number of nitro groups is 1. The number of carbonyl (C=O) groups is 1. The number of hydrazine groups is 1. The summed E-state index contributed by atoms with van der Waals surface area (Å²) in [5, 5.41) is 15.0. The SMILES string of the molecule is CC(C)(C)c1ccc(N(NCOCc2cccs2)C(=O)c2ccccc2)c([N+](=O)[O-])c1. The van der Waals surface area contributed by atoms with Crippen LogP contribution in [0.3, 0.4) is 0 Å². The molecule has 3 rings (SSSR count). The zero-order valence-electron chi connectivity index (χ0n) is 17.7. The van der Waals surface area contributed by atoms with Crippen LogP contribution in [-0.2, 0) is 16.8 Å². The van der Waals surface area contributed by atoms with Gasteiger partial charge in [-0.1, -0.05) is 51.1 Å². The standard InChI is InChI=1S/C23H25N3O4S/c1-23(2,3)18-11-12-20(21(14-18)26(28)29)25(22(27)17-8-5-4-6-9-17)24-16-30-15-19-10-7-13-31-19/h4-14,24H,15-16H2,1-3H3. The molecule has 0 spiro atoms. The van der Waals surface area contributed by atoms with Crippen molar-refractivity contribution in [2.24, 2.45) is 0 Å². The van der Waals surface area contributed by atoms with Crippen molar-refractivity contribution in [1.29, 1.82) is 0 Å². The number of nitrogens with zero attached hydrogens (tertiary/aromatic N) is 2. The van der Waals surface area contributed by atoms with Crippen LogP contribution in [0.1, 0.15) is 41.6 Å². The van der Waals surface area contributed by atoms with Crippen LogP contribution in [0.4, 0.5) is 11.4 Å². The van der Waals surface area contributed by atoms with Gasteiger partial charge in [-0.25, -0.2) is 10.4 Å². The average Bonchev–Trinajstić information content (AvgIpc) is 3.26. The van der Waals surface area contributed by atoms with Crippen molar-refractivity contribution >= 4 is 28.6 Å². The molecule has 7 nitrogen and oxygen atoms in total. The minimum absolute atomic E-state index is 0.00858. The Kier molecular flexibility index (Phi) is 7.17. The van der Waals surface area contributed by atoms with Crippen LogP contribution in [0.2, 0.25) is 0 Å². The van der Waals surface area contributed by atoms with Gasteiger partial charge in [-0.05, 0) is 40.6 Å². The lowest BCUT2D eigenvalue weighted by atomic mass is 9.86. The Bertz CT molecular complexity index is 1030. The van der Waals surface area contributed by atoms with Gasteiger partial charge in [0.2, 0.25) is 0 Å². The summed E-state index contributed by atoms with van der Waals surface area (Å²) in [6, 6.07) is 17.4. The van der Waals surface area contributed by atoms with Gasteiger partial charge < -0.3 is 4.74 Å². The summed E-state index contributed by atoms with van der Waals surface area (Å²) < 4.78 is 5.63. The number of nitro benzene ring substituents is 1. The van der Waals surface area contributed by atoms with Crippen molar-refractivity contribution in [2.75, 3.05) is 11.7 Å². The number of thiophene rings is 1. The van der Waals surface area contributed by atoms with E-state index >= 15 is 0 Å². The zero-order valence-corrected chi connectivity index (χ0v) is 18.5. The Labute approximate surface area is 185 Å². The third kappa shape index (κ3) is 5.75. The number of hydrogen-bond donors (Lipinski definition) is 1. The van der Waals surface area contributed by atoms with E-state index in [0.29, 0.717) is 12.2 Å². The number of hydrogen-bond acceptors (Lipinski definition) is 6. The van der Waals surface area contributed by atoms with Crippen LogP contribution in [0, 0.1) is 10.1 Å². The molecule has 1 N–H and O–H groups in total. The van der Waals surface area contributed by atoms with Gasteiger partial charge in [-0.3, -0.25) is 14.9 Å². The molecule has 31 heavy (non-hydrogen) atoms. The molecule has 0 radical (unpaired) electrons. The molecule has 2 aromatic carbocycles. The van der Waals surface area contributed by atoms with Gasteiger partial charge in [-0.15, -0.1) is 11.3 Å². The predicted octanol–water partition coefficient (Wildman–Crippen LogP) is 5.28. The van der Waals surface area contributed by atoms with Crippen molar-refractivity contribution in [3.63, 3.8) is 0 Å². The Hall–Kier alpha value is -3.07. The van der Waals surface area contributed by atoms with Crippen molar-refractivity contribution in [1.82, 2.24) is 5.43 Å². The number of ether oxygens (including phenoxy) is 1. The Morgan fingerprint density at radius 1 is 1.13 bits per heavy atom. The molecule has 162 valence electrons. The molecular weight excluding hydrogens is 414 g/mol. The minimum atomic E-state index is -0.468. The van der Waals surface area contributed by atoms with Crippen LogP contribution < -0.4 is 10.4 Å². The average molecular weight is 440 g/mol. The molecule has 0 unspecified atom stereocenters. The van der Waals surface area contributed by atoms with Crippen LogP contribution in [0.15, 0.2) is 66.0 Å². The first-order valence-corrected chi connectivity index (χ1v) is 10.7. The number of nitrogens with one attached hydrogen (secondary N) is 1. The summed E-state index contributed by atoms with van der Waals surface area (Å²) in [5.74, 6) is -0.410. The van der Waals surface area contributed by atoms with Gasteiger partial charge in [0, 0.05) is 16.5 Å². The fourth-order valence-corrected chi connectivity index (χ4v) is 3.60. The summed E-state index contributed by atoms with van der Waals surface area (Å²) in [6.45, 7) is 6.33. The third-order valence-electron chi connectivity index (χ3n) is 4.65. The smallest absolute Gasteiger partial charge is 0.294 e. The molecule has 0 aliphatic carbocycles. The highest BCUT2D eigenvalue weighted by Crippen LogP contribution is 2.33. The zero-order chi connectivity index (χ0) is 22.4. The van der Waals surface area contributed by atoms with Gasteiger partial charge >= 0.3 is 0 Å². The van der Waals surface area contributed by atoms with E-state index in [2.05, 4.69) is 5.43 Å². The Morgan fingerprint density at radius 3 is 2.48 bits per heavy atom. The van der Waals surface area contributed by atoms with Crippen LogP contribution in [0.5, 0.6) is 0 Å². The largest absolute Gasteiger partial charge is 0.359 e. The topological polar surface area (TPSA) is 84.7 Å². The molecule has 8 heteroatoms. The molecule has 0 fully saturated rings. The molecule has 0 aliphatic rings. The number of amides is 1. The molecular formula is C23H25N3O4S. The highest BCUT2D eigenvalue weighted by atomic mass is 32.1. The van der Waals surface area contributed by atoms with E-state index in [1.54, 1.807) is 47.7 Å². The number of rotatable bonds is 8. The first-order valence-electron chi connectivity index (χ1n) is 9.79. The lowest BCUT2D eigenvalue weighted by Gasteiger charge is -2.25. The van der Waals surface area contributed by atoms with E-state index < -0.39 is 10.8 Å². The molecule has 0 aliphatic heterocycles. The first-order chi connectivity index (χ1) is 14.8. The van der Waals surface area contributed by atoms with E-state index in [1.165, 1.54) is 11.1 Å². The van der Waals surface area contributed by atoms with E-state index in [-0.39, 0.29) is 23.5 Å². The predicted molar refractivity (Wildman–Crippen MR) is 122 cm³/mol. The van der Waals surface area contributed by atoms with E-state index in [4.69, 9.17) is 4.74 Å². The van der Waals surface area contributed by atoms with Crippen molar-refractivity contribution in [3.8, 4) is 0 Å². The maximum atomic E-state index is 13.2. The summed E-state index contributed by atoms with van der Waals surface area (Å²) in [7, 11) is 0. The highest BCUT2D eigenvalue weighted by molar-refractivity contribution is 7.09. The fraction of sp³-hybridized carbons (Fsp3) is 0.261. The Morgan fingerprint density at radius 2 is 1.87 bits per heavy atom. The number of carbonyl (C=O) groups excluding carboxylic acids is 1. The molecule has 1 heterocycles. The van der Waals surface area contributed by atoms with Gasteiger partial charge in [-0.2, -0.15) is 0 Å². The van der Waals surface area contributed by atoms with Crippen LogP contribution in [-0.4, -0.2) is 17.6 Å². The van der Waals surface area contributed by atoms with E-state index in [0.717, 1.165) is 10.4 Å². The van der Waals surface area contributed by atoms with Crippen molar-refractivity contribution in [2.45, 2.75) is 32.8 Å². The molecule has 0 atom stereocenters. The first kappa shape index (κ1) is 22.6. The molecule has 0 bridgehead atoms. The Balaban J connectivity index is 1.91. The quantitative estimate of drug-likeness (QED) is 0.223. The maximum absolute atomic E-state index is 13.2. The third-order valence-corrected chi connectivity index (χ3v) is 5.50. The van der Waals surface area contributed by atoms with Gasteiger partial charge in [0.15, 0.2) is 0 Å². The number of anilines is 1. The van der Waals surface area contributed by atoms with Gasteiger partial charge in [0.25, 0.3) is 11.6 Å². The molecule has 1 aromatic heterocycles. The molecule has 1 amide bonds. The summed E-state index contributed by atoms with van der Waals surface area (Å²) >= 11 is 1.57. The van der Waals surface area contributed by atoms with Crippen molar-refractivity contribution in [3.05, 3.63) is 92.2 Å².